The molecule has 0 saturated carbocycles. The van der Waals surface area contributed by atoms with Gasteiger partial charge in [-0.1, -0.05) is 18.0 Å². The van der Waals surface area contributed by atoms with Crippen LogP contribution < -0.4 is 0 Å². The Morgan fingerprint density at radius 2 is 2.30 bits per heavy atom. The summed E-state index contributed by atoms with van der Waals surface area (Å²) in [6.45, 7) is 0.607. The van der Waals surface area contributed by atoms with Crippen molar-refractivity contribution in [1.29, 1.82) is 0 Å². The molecule has 0 spiro atoms. The number of aliphatic carboxylic acids is 1. The lowest BCUT2D eigenvalue weighted by Gasteiger charge is -2.30. The SMILES string of the molecule is C=[SH]C[C@H](C(=O)O)N(C)C[C@]1([SiH3])CSC(c2ccccc2O)=N1. The van der Waals surface area contributed by atoms with E-state index in [9.17, 15) is 15.0 Å². The van der Waals surface area contributed by atoms with E-state index in [0.29, 0.717) is 12.3 Å². The summed E-state index contributed by atoms with van der Waals surface area (Å²) in [6, 6.07) is 6.65. The van der Waals surface area contributed by atoms with Gasteiger partial charge in [-0.2, -0.15) is 0 Å². The number of carboxylic acid groups (broad SMARTS) is 1. The molecule has 23 heavy (non-hydrogen) atoms. The van der Waals surface area contributed by atoms with E-state index < -0.39 is 12.0 Å². The topological polar surface area (TPSA) is 73.1 Å². The monoisotopic (exact) mass is 370 g/mol. The maximum absolute atomic E-state index is 11.4. The zero-order valence-corrected chi connectivity index (χ0v) is 17.0. The van der Waals surface area contributed by atoms with Crippen LogP contribution in [0.5, 0.6) is 5.75 Å². The van der Waals surface area contributed by atoms with Gasteiger partial charge in [0.1, 0.15) is 16.8 Å². The summed E-state index contributed by atoms with van der Waals surface area (Å²) >= 11 is 2.45. The number of thiol groups is 1. The fraction of sp³-hybridized carbons (Fsp3) is 0.400. The largest absolute Gasteiger partial charge is 0.507 e. The number of carboxylic acids is 1. The maximum Gasteiger partial charge on any atom is 0.321 e. The summed E-state index contributed by atoms with van der Waals surface area (Å²) in [5, 5.41) is 19.9. The van der Waals surface area contributed by atoms with Crippen molar-refractivity contribution >= 4 is 50.2 Å². The molecule has 0 aliphatic carbocycles. The van der Waals surface area contributed by atoms with Crippen LogP contribution in [0.15, 0.2) is 29.3 Å². The molecular weight excluding hydrogens is 348 g/mol. The Labute approximate surface area is 147 Å². The normalized spacial score (nSPS) is 22.3. The van der Waals surface area contributed by atoms with Gasteiger partial charge in [0, 0.05) is 33.9 Å². The second-order valence-electron chi connectivity index (χ2n) is 5.90. The highest BCUT2D eigenvalue weighted by Gasteiger charge is 2.35. The minimum absolute atomic E-state index is 0.233. The molecule has 2 atom stereocenters. The van der Waals surface area contributed by atoms with Crippen LogP contribution in [0.3, 0.4) is 0 Å². The molecule has 1 aliphatic rings. The first-order valence-corrected chi connectivity index (χ1v) is 10.5. The van der Waals surface area contributed by atoms with E-state index >= 15 is 0 Å². The van der Waals surface area contributed by atoms with Crippen LogP contribution in [-0.4, -0.2) is 78.5 Å². The Kier molecular flexibility index (Phi) is 6.07. The zero-order valence-electron chi connectivity index (χ0n) is 13.3. The zero-order chi connectivity index (χ0) is 17.0. The van der Waals surface area contributed by atoms with E-state index in [4.69, 9.17) is 4.99 Å². The first-order chi connectivity index (χ1) is 10.9. The van der Waals surface area contributed by atoms with Crippen molar-refractivity contribution in [2.24, 2.45) is 4.99 Å². The highest BCUT2D eigenvalue weighted by Crippen LogP contribution is 2.33. The first kappa shape index (κ1) is 18.2. The Morgan fingerprint density at radius 3 is 2.91 bits per heavy atom. The molecule has 1 aliphatic heterocycles. The van der Waals surface area contributed by atoms with Gasteiger partial charge < -0.3 is 10.2 Å². The van der Waals surface area contributed by atoms with Gasteiger partial charge in [0.25, 0.3) is 0 Å². The number of nitrogens with zero attached hydrogens (tertiary/aromatic N) is 2. The highest BCUT2D eigenvalue weighted by molar-refractivity contribution is 8.14. The van der Waals surface area contributed by atoms with Gasteiger partial charge >= 0.3 is 5.97 Å². The molecule has 0 radical (unpaired) electrons. The fourth-order valence-corrected chi connectivity index (χ4v) is 5.80. The van der Waals surface area contributed by atoms with E-state index in [-0.39, 0.29) is 10.9 Å². The van der Waals surface area contributed by atoms with E-state index in [1.807, 2.05) is 24.1 Å². The van der Waals surface area contributed by atoms with Crippen molar-refractivity contribution in [2.45, 2.75) is 11.2 Å². The maximum atomic E-state index is 11.4. The van der Waals surface area contributed by atoms with E-state index in [1.165, 1.54) is 0 Å². The highest BCUT2D eigenvalue weighted by atomic mass is 32.2. The van der Waals surface area contributed by atoms with Crippen molar-refractivity contribution in [3.63, 3.8) is 0 Å². The Bertz CT molecular complexity index is 641. The second-order valence-corrected chi connectivity index (χ2v) is 9.53. The van der Waals surface area contributed by atoms with Gasteiger partial charge in [-0.15, -0.1) is 11.8 Å². The summed E-state index contributed by atoms with van der Waals surface area (Å²) < 4.78 is 0. The van der Waals surface area contributed by atoms with Gasteiger partial charge in [0.15, 0.2) is 0 Å². The standard InChI is InChI=1S/C15H22N2O3S2Si/c1-17(11(7-21-2)14(19)20)8-15(23)9-22-13(16-15)10-5-3-4-6-12(10)18/h3-6,11,18,21H,2,7-9H2,1,23H3,(H,19,20)/t11-,15+/m1/s1. The molecule has 0 amide bonds. The van der Waals surface area contributed by atoms with Crippen molar-refractivity contribution in [1.82, 2.24) is 4.90 Å². The molecule has 1 aromatic carbocycles. The van der Waals surface area contributed by atoms with Gasteiger partial charge in [0.2, 0.25) is 0 Å². The minimum Gasteiger partial charge on any atom is -0.507 e. The molecule has 1 heterocycles. The van der Waals surface area contributed by atoms with Crippen LogP contribution in [0.2, 0.25) is 0 Å². The molecule has 0 bridgehead atoms. The smallest absolute Gasteiger partial charge is 0.321 e. The summed E-state index contributed by atoms with van der Waals surface area (Å²) in [5.41, 5.74) is 0.754. The molecular formula is C15H22N2O3S2Si. The third-order valence-electron chi connectivity index (χ3n) is 3.73. The Hall–Kier alpha value is -1.09. The first-order valence-electron chi connectivity index (χ1n) is 7.23. The lowest BCUT2D eigenvalue weighted by molar-refractivity contribution is -0.141. The number of hydrogen-bond donors (Lipinski definition) is 3. The number of carbonyl (C=O) groups is 1. The molecule has 2 N–H and O–H groups in total. The van der Waals surface area contributed by atoms with Crippen molar-refractivity contribution in [2.75, 3.05) is 25.1 Å². The Morgan fingerprint density at radius 1 is 1.61 bits per heavy atom. The van der Waals surface area contributed by atoms with Crippen molar-refractivity contribution in [3.05, 3.63) is 29.8 Å². The van der Waals surface area contributed by atoms with Crippen molar-refractivity contribution < 1.29 is 15.0 Å². The van der Waals surface area contributed by atoms with Crippen LogP contribution >= 0.6 is 23.1 Å². The predicted molar refractivity (Wildman–Crippen MR) is 105 cm³/mol. The van der Waals surface area contributed by atoms with Gasteiger partial charge in [-0.25, -0.2) is 11.4 Å². The van der Waals surface area contributed by atoms with E-state index in [0.717, 1.165) is 38.0 Å². The number of thioether (sulfide) groups is 1. The molecule has 2 rings (SSSR count). The molecule has 0 aromatic heterocycles. The summed E-state index contributed by atoms with van der Waals surface area (Å²) in [6.07, 6.45) is 0. The summed E-state index contributed by atoms with van der Waals surface area (Å²) in [7, 11) is 2.66. The average molecular weight is 371 g/mol. The van der Waals surface area contributed by atoms with Crippen LogP contribution in [-0.2, 0) is 4.79 Å². The van der Waals surface area contributed by atoms with Crippen molar-refractivity contribution in [3.8, 4) is 5.75 Å². The van der Waals surface area contributed by atoms with E-state index in [2.05, 4.69) is 5.87 Å². The number of rotatable bonds is 7. The molecule has 5 nitrogen and oxygen atoms in total. The minimum atomic E-state index is -0.815. The molecule has 0 unspecified atom stereocenters. The van der Waals surface area contributed by atoms with Gasteiger partial charge in [-0.3, -0.25) is 14.7 Å². The van der Waals surface area contributed by atoms with Crippen LogP contribution in [0, 0.1) is 0 Å². The molecule has 8 heteroatoms. The lowest BCUT2D eigenvalue weighted by Crippen LogP contribution is -2.49. The molecule has 1 aromatic rings. The molecule has 0 fully saturated rings. The third-order valence-corrected chi connectivity index (χ3v) is 7.10. The number of para-hydroxylation sites is 1. The average Bonchev–Trinajstić information content (AvgIpc) is 2.86. The molecule has 126 valence electrons. The number of aliphatic imine (C=N–C) groups is 1. The Balaban J connectivity index is 2.15. The third kappa shape index (κ3) is 4.47. The van der Waals surface area contributed by atoms with Gasteiger partial charge in [-0.05, 0) is 19.2 Å². The summed E-state index contributed by atoms with van der Waals surface area (Å²) in [5.74, 6) is 4.48. The predicted octanol–water partition coefficient (Wildman–Crippen LogP) is 0.230. The number of phenols is 1. The quantitative estimate of drug-likeness (QED) is 0.364. The van der Waals surface area contributed by atoms with E-state index in [1.54, 1.807) is 23.9 Å². The number of likely N-dealkylation sites (N-methyl/N-ethyl adjacent to an activating group) is 1. The van der Waals surface area contributed by atoms with Gasteiger partial charge in [0.05, 0.1) is 5.16 Å². The van der Waals surface area contributed by atoms with Crippen LogP contribution in [0.4, 0.5) is 0 Å². The summed E-state index contributed by atoms with van der Waals surface area (Å²) in [4.78, 5) is 18.1. The number of aromatic hydroxyl groups is 1. The number of benzene rings is 1. The second kappa shape index (κ2) is 7.65. The van der Waals surface area contributed by atoms with Crippen LogP contribution in [0.1, 0.15) is 5.56 Å². The lowest BCUT2D eigenvalue weighted by atomic mass is 10.2. The molecule has 0 saturated heterocycles. The fourth-order valence-electron chi connectivity index (χ4n) is 2.58. The number of phenolic OH excluding ortho intramolecular Hbond substituents is 1. The number of hydrogen-bond acceptors (Lipinski definition) is 5. The van der Waals surface area contributed by atoms with Crippen LogP contribution in [0.25, 0.3) is 0 Å².